The summed E-state index contributed by atoms with van der Waals surface area (Å²) in [5, 5.41) is -1.01. The van der Waals surface area contributed by atoms with E-state index in [4.69, 9.17) is 33.9 Å². The number of carbonyl (C=O) groups excluding carboxylic acids is 1. The Bertz CT molecular complexity index is 626. The molecule has 0 aliphatic carbocycles. The predicted molar refractivity (Wildman–Crippen MR) is 72.3 cm³/mol. The highest BCUT2D eigenvalue weighted by Crippen LogP contribution is 2.33. The van der Waals surface area contributed by atoms with Gasteiger partial charge in [0.25, 0.3) is 0 Å². The van der Waals surface area contributed by atoms with E-state index in [2.05, 4.69) is 9.97 Å². The van der Waals surface area contributed by atoms with Crippen molar-refractivity contribution < 1.29 is 13.2 Å². The van der Waals surface area contributed by atoms with Crippen LogP contribution in [0, 0.1) is 6.92 Å². The molecule has 0 aromatic carbocycles. The first-order valence-electron chi connectivity index (χ1n) is 5.13. The van der Waals surface area contributed by atoms with E-state index >= 15 is 0 Å². The maximum absolute atomic E-state index is 11.9. The fraction of sp³-hybridized carbons (Fsp3) is 0.444. The molecule has 1 aromatic heterocycles. The van der Waals surface area contributed by atoms with Crippen molar-refractivity contribution in [3.63, 3.8) is 0 Å². The molecule has 2 heterocycles. The van der Waals surface area contributed by atoms with Gasteiger partial charge in [-0.15, -0.1) is 0 Å². The van der Waals surface area contributed by atoms with Crippen molar-refractivity contribution in [2.75, 3.05) is 11.4 Å². The lowest BCUT2D eigenvalue weighted by atomic mass is 10.3. The van der Waals surface area contributed by atoms with Crippen LogP contribution in [0.25, 0.3) is 0 Å². The number of nitrogens with zero attached hydrogens (tertiary/aromatic N) is 3. The summed E-state index contributed by atoms with van der Waals surface area (Å²) < 4.78 is 22.6. The lowest BCUT2D eigenvalue weighted by Gasteiger charge is -2.18. The van der Waals surface area contributed by atoms with Crippen LogP contribution in [0.15, 0.2) is 0 Å². The van der Waals surface area contributed by atoms with Gasteiger partial charge in [0.2, 0.25) is 20.2 Å². The second kappa shape index (κ2) is 5.05. The van der Waals surface area contributed by atoms with Crippen molar-refractivity contribution in [3.05, 3.63) is 16.1 Å². The Hall–Kier alpha value is -0.630. The lowest BCUT2D eigenvalue weighted by molar-refractivity contribution is -0.117. The zero-order chi connectivity index (χ0) is 14.4. The topological polar surface area (TPSA) is 80.2 Å². The van der Waals surface area contributed by atoms with Crippen LogP contribution >= 0.6 is 33.9 Å². The molecule has 1 amide bonds. The first-order valence-corrected chi connectivity index (χ1v) is 8.26. The highest BCUT2D eigenvalue weighted by molar-refractivity contribution is 8.14. The molecule has 2 rings (SSSR count). The number of halogens is 3. The van der Waals surface area contributed by atoms with E-state index in [9.17, 15) is 13.2 Å². The second-order valence-electron chi connectivity index (χ2n) is 4.02. The van der Waals surface area contributed by atoms with Crippen molar-refractivity contribution in [3.8, 4) is 0 Å². The highest BCUT2D eigenvalue weighted by atomic mass is 35.7. The molecule has 1 unspecified atom stereocenters. The number of anilines is 1. The van der Waals surface area contributed by atoms with Gasteiger partial charge in [-0.05, 0) is 18.5 Å². The molecule has 0 bridgehead atoms. The fourth-order valence-corrected chi connectivity index (χ4v) is 3.49. The second-order valence-corrected chi connectivity index (χ2v) is 7.63. The Morgan fingerprint density at radius 1 is 1.32 bits per heavy atom. The number of hydrogen-bond donors (Lipinski definition) is 0. The molecule has 1 aliphatic rings. The summed E-state index contributed by atoms with van der Waals surface area (Å²) in [4.78, 5) is 20.7. The first-order chi connectivity index (χ1) is 8.70. The van der Waals surface area contributed by atoms with Gasteiger partial charge in [0.1, 0.15) is 10.9 Å². The van der Waals surface area contributed by atoms with Crippen LogP contribution < -0.4 is 4.90 Å². The van der Waals surface area contributed by atoms with Gasteiger partial charge in [0, 0.05) is 23.6 Å². The van der Waals surface area contributed by atoms with Crippen LogP contribution in [0.2, 0.25) is 10.4 Å². The first kappa shape index (κ1) is 14.8. The van der Waals surface area contributed by atoms with Crippen LogP contribution in [-0.2, 0) is 13.8 Å². The standard InChI is InChI=1S/C9H8Cl3N3O3S/c1-4-7(8(10)14-9(11)13-4)15-3-5(2-6(15)16)19(12,17)18/h5H,2-3H2,1H3. The summed E-state index contributed by atoms with van der Waals surface area (Å²) in [6.45, 7) is 1.53. The minimum atomic E-state index is -3.81. The number of rotatable bonds is 2. The smallest absolute Gasteiger partial charge is 0.237 e. The summed E-state index contributed by atoms with van der Waals surface area (Å²) in [5.74, 6) is -0.398. The fourth-order valence-electron chi connectivity index (χ4n) is 1.89. The van der Waals surface area contributed by atoms with E-state index in [-0.39, 0.29) is 29.1 Å². The van der Waals surface area contributed by atoms with E-state index in [0.29, 0.717) is 5.69 Å². The Kier molecular flexibility index (Phi) is 3.92. The van der Waals surface area contributed by atoms with Crippen LogP contribution in [-0.4, -0.2) is 36.1 Å². The molecule has 1 saturated heterocycles. The number of aryl methyl sites for hydroxylation is 1. The summed E-state index contributed by atoms with van der Waals surface area (Å²) in [6.07, 6.45) is -0.190. The summed E-state index contributed by atoms with van der Waals surface area (Å²) in [6, 6.07) is 0. The van der Waals surface area contributed by atoms with Crippen molar-refractivity contribution in [1.29, 1.82) is 0 Å². The lowest BCUT2D eigenvalue weighted by Crippen LogP contribution is -2.28. The van der Waals surface area contributed by atoms with Crippen LogP contribution in [0.4, 0.5) is 5.69 Å². The number of aromatic nitrogens is 2. The molecule has 104 valence electrons. The van der Waals surface area contributed by atoms with Crippen LogP contribution in [0.3, 0.4) is 0 Å². The Morgan fingerprint density at radius 3 is 2.42 bits per heavy atom. The van der Waals surface area contributed by atoms with E-state index in [1.807, 2.05) is 0 Å². The Balaban J connectivity index is 2.42. The van der Waals surface area contributed by atoms with Crippen molar-refractivity contribution in [1.82, 2.24) is 9.97 Å². The third-order valence-corrected chi connectivity index (χ3v) is 5.05. The molecule has 0 spiro atoms. The highest BCUT2D eigenvalue weighted by Gasteiger charge is 2.39. The molecule has 19 heavy (non-hydrogen) atoms. The maximum Gasteiger partial charge on any atom is 0.237 e. The van der Waals surface area contributed by atoms with Gasteiger partial charge < -0.3 is 4.90 Å². The number of amides is 1. The molecule has 1 aliphatic heterocycles. The van der Waals surface area contributed by atoms with Gasteiger partial charge in [-0.3, -0.25) is 4.79 Å². The summed E-state index contributed by atoms with van der Waals surface area (Å²) in [7, 11) is 1.46. The summed E-state index contributed by atoms with van der Waals surface area (Å²) in [5.41, 5.74) is 0.657. The van der Waals surface area contributed by atoms with Crippen molar-refractivity contribution >= 4 is 54.5 Å². The maximum atomic E-state index is 11.9. The summed E-state index contributed by atoms with van der Waals surface area (Å²) >= 11 is 11.6. The molecular weight excluding hydrogens is 337 g/mol. The molecule has 10 heteroatoms. The van der Waals surface area contributed by atoms with E-state index in [1.165, 1.54) is 4.90 Å². The average Bonchev–Trinajstić information content (AvgIpc) is 2.59. The van der Waals surface area contributed by atoms with Gasteiger partial charge in [-0.25, -0.2) is 18.4 Å². The number of hydrogen-bond acceptors (Lipinski definition) is 5. The van der Waals surface area contributed by atoms with E-state index in [0.717, 1.165) is 0 Å². The third kappa shape index (κ3) is 2.94. The van der Waals surface area contributed by atoms with Crippen molar-refractivity contribution in [2.45, 2.75) is 18.6 Å². The van der Waals surface area contributed by atoms with Gasteiger partial charge in [0.05, 0.1) is 5.69 Å². The molecule has 0 radical (unpaired) electrons. The third-order valence-electron chi connectivity index (χ3n) is 2.75. The molecule has 6 nitrogen and oxygen atoms in total. The van der Waals surface area contributed by atoms with Crippen LogP contribution in [0.5, 0.6) is 0 Å². The largest absolute Gasteiger partial charge is 0.307 e. The van der Waals surface area contributed by atoms with E-state index < -0.39 is 20.2 Å². The van der Waals surface area contributed by atoms with Gasteiger partial charge in [0.15, 0.2) is 5.15 Å². The van der Waals surface area contributed by atoms with E-state index in [1.54, 1.807) is 6.92 Å². The minimum absolute atomic E-state index is 0.00142. The molecule has 1 fully saturated rings. The average molecular weight is 345 g/mol. The molecular formula is C9H8Cl3N3O3S. The van der Waals surface area contributed by atoms with Gasteiger partial charge in [-0.2, -0.15) is 0 Å². The Labute approximate surface area is 124 Å². The van der Waals surface area contributed by atoms with Crippen LogP contribution in [0.1, 0.15) is 12.1 Å². The minimum Gasteiger partial charge on any atom is -0.307 e. The molecule has 0 saturated carbocycles. The zero-order valence-electron chi connectivity index (χ0n) is 9.60. The normalized spacial score (nSPS) is 20.1. The Morgan fingerprint density at radius 2 is 1.95 bits per heavy atom. The monoisotopic (exact) mass is 343 g/mol. The SMILES string of the molecule is Cc1nc(Cl)nc(Cl)c1N1CC(S(=O)(=O)Cl)CC1=O. The quantitative estimate of drug-likeness (QED) is 0.464. The van der Waals surface area contributed by atoms with Crippen molar-refractivity contribution in [2.24, 2.45) is 0 Å². The predicted octanol–water partition coefficient (Wildman–Crippen LogP) is 1.77. The van der Waals surface area contributed by atoms with Gasteiger partial charge >= 0.3 is 0 Å². The zero-order valence-corrected chi connectivity index (χ0v) is 12.7. The molecule has 1 aromatic rings. The number of carbonyl (C=O) groups is 1. The molecule has 0 N–H and O–H groups in total. The van der Waals surface area contributed by atoms with Gasteiger partial charge in [-0.1, -0.05) is 11.6 Å². The molecule has 1 atom stereocenters.